The maximum absolute atomic E-state index is 12.2. The highest BCUT2D eigenvalue weighted by Gasteiger charge is 2.12. The van der Waals surface area contributed by atoms with Crippen molar-refractivity contribution in [1.82, 2.24) is 4.90 Å². The zero-order valence-electron chi connectivity index (χ0n) is 12.0. The van der Waals surface area contributed by atoms with Gasteiger partial charge in [-0.1, -0.05) is 52.3 Å². The van der Waals surface area contributed by atoms with Crippen molar-refractivity contribution in [3.63, 3.8) is 0 Å². The number of rotatable bonds is 6. The van der Waals surface area contributed by atoms with Gasteiger partial charge in [-0.05, 0) is 30.7 Å². The second-order valence-electron chi connectivity index (χ2n) is 4.64. The highest BCUT2D eigenvalue weighted by Crippen LogP contribution is 2.17. The normalized spacial score (nSPS) is 10.2. The van der Waals surface area contributed by atoms with Gasteiger partial charge in [-0.3, -0.25) is 4.79 Å². The van der Waals surface area contributed by atoms with Crippen molar-refractivity contribution >= 4 is 21.8 Å². The second-order valence-corrected chi connectivity index (χ2v) is 5.56. The number of likely N-dealkylation sites (N-methyl/N-ethyl adjacent to an activating group) is 1. The van der Waals surface area contributed by atoms with Gasteiger partial charge in [-0.15, -0.1) is 0 Å². The molecule has 3 nitrogen and oxygen atoms in total. The first kappa shape index (κ1) is 15.6. The van der Waals surface area contributed by atoms with Crippen LogP contribution < -0.4 is 4.74 Å². The number of benzene rings is 2. The molecule has 0 aliphatic heterocycles. The van der Waals surface area contributed by atoms with Gasteiger partial charge in [0.2, 0.25) is 0 Å². The maximum Gasteiger partial charge on any atom is 0.260 e. The molecule has 0 spiro atoms. The van der Waals surface area contributed by atoms with E-state index >= 15 is 0 Å². The third-order valence-electron chi connectivity index (χ3n) is 3.11. The van der Waals surface area contributed by atoms with Crippen LogP contribution in [0.25, 0.3) is 0 Å². The molecule has 0 saturated carbocycles. The van der Waals surface area contributed by atoms with Crippen molar-refractivity contribution in [2.45, 2.75) is 13.5 Å². The minimum atomic E-state index is -0.0127. The van der Waals surface area contributed by atoms with Crippen LogP contribution in [-0.4, -0.2) is 24.0 Å². The summed E-state index contributed by atoms with van der Waals surface area (Å²) in [7, 11) is 0. The molecule has 0 radical (unpaired) electrons. The zero-order valence-corrected chi connectivity index (χ0v) is 13.5. The highest BCUT2D eigenvalue weighted by atomic mass is 79.9. The molecular weight excluding hydrogens is 330 g/mol. The van der Waals surface area contributed by atoms with E-state index in [1.807, 2.05) is 61.5 Å². The fourth-order valence-corrected chi connectivity index (χ4v) is 2.35. The Morgan fingerprint density at radius 2 is 1.90 bits per heavy atom. The molecule has 2 rings (SSSR count). The molecule has 21 heavy (non-hydrogen) atoms. The summed E-state index contributed by atoms with van der Waals surface area (Å²) in [5.41, 5.74) is 1.12. The third-order valence-corrected chi connectivity index (χ3v) is 3.60. The largest absolute Gasteiger partial charge is 0.484 e. The molecule has 2 aromatic rings. The van der Waals surface area contributed by atoms with Gasteiger partial charge in [0, 0.05) is 17.6 Å². The van der Waals surface area contributed by atoms with Crippen LogP contribution in [0.15, 0.2) is 59.1 Å². The van der Waals surface area contributed by atoms with Gasteiger partial charge in [-0.25, -0.2) is 0 Å². The first-order valence-electron chi connectivity index (χ1n) is 6.89. The molecule has 0 saturated heterocycles. The SMILES string of the molecule is CCN(Cc1ccccc1)C(=O)COc1cccc(Br)c1. The lowest BCUT2D eigenvalue weighted by Gasteiger charge is -2.21. The number of hydrogen-bond donors (Lipinski definition) is 0. The van der Waals surface area contributed by atoms with E-state index < -0.39 is 0 Å². The smallest absolute Gasteiger partial charge is 0.260 e. The Hall–Kier alpha value is -1.81. The van der Waals surface area contributed by atoms with E-state index in [1.54, 1.807) is 4.90 Å². The average Bonchev–Trinajstić information content (AvgIpc) is 2.51. The third kappa shape index (κ3) is 4.90. The Morgan fingerprint density at radius 3 is 2.57 bits per heavy atom. The molecule has 1 amide bonds. The summed E-state index contributed by atoms with van der Waals surface area (Å²) in [6.45, 7) is 3.30. The van der Waals surface area contributed by atoms with Gasteiger partial charge >= 0.3 is 0 Å². The maximum atomic E-state index is 12.2. The minimum absolute atomic E-state index is 0.0127. The topological polar surface area (TPSA) is 29.5 Å². The molecule has 0 aliphatic carbocycles. The molecule has 2 aromatic carbocycles. The number of nitrogens with zero attached hydrogens (tertiary/aromatic N) is 1. The van der Waals surface area contributed by atoms with Gasteiger partial charge in [0.15, 0.2) is 6.61 Å². The average molecular weight is 348 g/mol. The van der Waals surface area contributed by atoms with Crippen molar-refractivity contribution in [2.75, 3.05) is 13.2 Å². The van der Waals surface area contributed by atoms with Crippen LogP contribution >= 0.6 is 15.9 Å². The molecule has 0 N–H and O–H groups in total. The van der Waals surface area contributed by atoms with Gasteiger partial charge in [0.1, 0.15) is 5.75 Å². The first-order chi connectivity index (χ1) is 10.2. The minimum Gasteiger partial charge on any atom is -0.484 e. The highest BCUT2D eigenvalue weighted by molar-refractivity contribution is 9.10. The number of carbonyl (C=O) groups is 1. The van der Waals surface area contributed by atoms with Gasteiger partial charge in [0.25, 0.3) is 5.91 Å². The van der Waals surface area contributed by atoms with Gasteiger partial charge in [0.05, 0.1) is 0 Å². The van der Waals surface area contributed by atoms with Crippen molar-refractivity contribution in [3.05, 3.63) is 64.6 Å². The van der Waals surface area contributed by atoms with E-state index in [2.05, 4.69) is 15.9 Å². The van der Waals surface area contributed by atoms with E-state index in [0.29, 0.717) is 18.8 Å². The van der Waals surface area contributed by atoms with Crippen molar-refractivity contribution in [1.29, 1.82) is 0 Å². The summed E-state index contributed by atoms with van der Waals surface area (Å²) >= 11 is 3.38. The number of amides is 1. The zero-order chi connectivity index (χ0) is 15.1. The predicted molar refractivity (Wildman–Crippen MR) is 87.2 cm³/mol. The Labute approximate surface area is 133 Å². The van der Waals surface area contributed by atoms with Crippen molar-refractivity contribution in [2.24, 2.45) is 0 Å². The van der Waals surface area contributed by atoms with E-state index in [-0.39, 0.29) is 12.5 Å². The lowest BCUT2D eigenvalue weighted by molar-refractivity contribution is -0.133. The lowest BCUT2D eigenvalue weighted by atomic mass is 10.2. The Balaban J connectivity index is 1.91. The van der Waals surface area contributed by atoms with E-state index in [9.17, 15) is 4.79 Å². The molecule has 0 bridgehead atoms. The van der Waals surface area contributed by atoms with Crippen LogP contribution in [-0.2, 0) is 11.3 Å². The molecule has 0 aliphatic rings. The predicted octanol–water partition coefficient (Wildman–Crippen LogP) is 3.88. The number of ether oxygens (including phenoxy) is 1. The fourth-order valence-electron chi connectivity index (χ4n) is 1.97. The second kappa shape index (κ2) is 7.84. The summed E-state index contributed by atoms with van der Waals surface area (Å²) in [6, 6.07) is 17.5. The molecule has 0 aromatic heterocycles. The monoisotopic (exact) mass is 347 g/mol. The molecule has 0 unspecified atom stereocenters. The molecule has 4 heteroatoms. The number of carbonyl (C=O) groups excluding carboxylic acids is 1. The van der Waals surface area contributed by atoms with Crippen LogP contribution in [0.5, 0.6) is 5.75 Å². The summed E-state index contributed by atoms with van der Waals surface area (Å²) in [5, 5.41) is 0. The quantitative estimate of drug-likeness (QED) is 0.793. The van der Waals surface area contributed by atoms with Crippen LogP contribution in [0.2, 0.25) is 0 Å². The first-order valence-corrected chi connectivity index (χ1v) is 7.68. The van der Waals surface area contributed by atoms with E-state index in [1.165, 1.54) is 0 Å². The molecular formula is C17H18BrNO2. The lowest BCUT2D eigenvalue weighted by Crippen LogP contribution is -2.34. The van der Waals surface area contributed by atoms with Crippen LogP contribution in [0.4, 0.5) is 0 Å². The van der Waals surface area contributed by atoms with Gasteiger partial charge in [-0.2, -0.15) is 0 Å². The van der Waals surface area contributed by atoms with Crippen molar-refractivity contribution < 1.29 is 9.53 Å². The molecule has 0 heterocycles. The number of halogens is 1. The van der Waals surface area contributed by atoms with E-state index in [0.717, 1.165) is 10.0 Å². The number of hydrogen-bond acceptors (Lipinski definition) is 2. The van der Waals surface area contributed by atoms with Crippen LogP contribution in [0.1, 0.15) is 12.5 Å². The summed E-state index contributed by atoms with van der Waals surface area (Å²) in [5.74, 6) is 0.676. The standard InChI is InChI=1S/C17H18BrNO2/c1-2-19(12-14-7-4-3-5-8-14)17(20)13-21-16-10-6-9-15(18)11-16/h3-11H,2,12-13H2,1H3. The molecule has 0 atom stereocenters. The summed E-state index contributed by atoms with van der Waals surface area (Å²) in [6.07, 6.45) is 0. The van der Waals surface area contributed by atoms with Crippen molar-refractivity contribution in [3.8, 4) is 5.75 Å². The molecule has 0 fully saturated rings. The Kier molecular flexibility index (Phi) is 5.81. The molecule has 110 valence electrons. The Morgan fingerprint density at radius 1 is 1.14 bits per heavy atom. The van der Waals surface area contributed by atoms with Gasteiger partial charge < -0.3 is 9.64 Å². The van der Waals surface area contributed by atoms with E-state index in [4.69, 9.17) is 4.74 Å². The fraction of sp³-hybridized carbons (Fsp3) is 0.235. The van der Waals surface area contributed by atoms with Crippen LogP contribution in [0.3, 0.4) is 0 Å². The Bertz CT molecular complexity index is 586. The van der Waals surface area contributed by atoms with Crippen LogP contribution in [0, 0.1) is 0 Å². The summed E-state index contributed by atoms with van der Waals surface area (Å²) < 4.78 is 6.48. The summed E-state index contributed by atoms with van der Waals surface area (Å²) in [4.78, 5) is 14.0.